The molecular formula is C28H25ClN4O4S. The quantitative estimate of drug-likeness (QED) is 0.264. The van der Waals surface area contributed by atoms with Crippen molar-refractivity contribution >= 4 is 40.2 Å². The molecule has 0 spiro atoms. The maximum Gasteiger partial charge on any atom is 0.266 e. The van der Waals surface area contributed by atoms with Gasteiger partial charge in [0.25, 0.3) is 5.56 Å². The van der Waals surface area contributed by atoms with Crippen LogP contribution in [0.5, 0.6) is 11.5 Å². The standard InChI is InChI=1S/C28H25ClN4O4S/c29-20-4-3-5-21(15-20)33-27(35)22-6-1-2-7-23(22)30-28(33)38-17-26(34)32-12-10-31(11-13-32)16-19-8-9-24-25(14-19)37-18-36-24/h1-9,14-15H,10-13,16-18H2. The van der Waals surface area contributed by atoms with Crippen molar-refractivity contribution in [1.29, 1.82) is 0 Å². The molecule has 0 bridgehead atoms. The average Bonchev–Trinajstić information content (AvgIpc) is 3.40. The lowest BCUT2D eigenvalue weighted by Crippen LogP contribution is -2.48. The van der Waals surface area contributed by atoms with Gasteiger partial charge in [0.15, 0.2) is 16.7 Å². The van der Waals surface area contributed by atoms with Gasteiger partial charge in [-0.05, 0) is 48.0 Å². The summed E-state index contributed by atoms with van der Waals surface area (Å²) in [6, 6.07) is 20.3. The first-order chi connectivity index (χ1) is 18.5. The lowest BCUT2D eigenvalue weighted by molar-refractivity contribution is -0.130. The van der Waals surface area contributed by atoms with Gasteiger partial charge in [0.1, 0.15) is 0 Å². The minimum atomic E-state index is -0.190. The Morgan fingerprint density at radius 3 is 2.61 bits per heavy atom. The van der Waals surface area contributed by atoms with Gasteiger partial charge in [-0.1, -0.05) is 47.6 Å². The molecule has 4 aromatic rings. The van der Waals surface area contributed by atoms with Crippen molar-refractivity contribution in [1.82, 2.24) is 19.4 Å². The lowest BCUT2D eigenvalue weighted by atomic mass is 10.1. The smallest absolute Gasteiger partial charge is 0.266 e. The van der Waals surface area contributed by atoms with Crippen molar-refractivity contribution < 1.29 is 14.3 Å². The van der Waals surface area contributed by atoms with E-state index in [1.807, 2.05) is 41.3 Å². The topological polar surface area (TPSA) is 76.9 Å². The van der Waals surface area contributed by atoms with Gasteiger partial charge in [-0.2, -0.15) is 0 Å². The molecule has 0 unspecified atom stereocenters. The van der Waals surface area contributed by atoms with Crippen molar-refractivity contribution in [3.8, 4) is 17.2 Å². The monoisotopic (exact) mass is 548 g/mol. The first-order valence-electron chi connectivity index (χ1n) is 12.3. The Morgan fingerprint density at radius 1 is 0.947 bits per heavy atom. The van der Waals surface area contributed by atoms with Gasteiger partial charge in [-0.3, -0.25) is 19.1 Å². The van der Waals surface area contributed by atoms with Crippen LogP contribution in [0.15, 0.2) is 76.7 Å². The Morgan fingerprint density at radius 2 is 1.76 bits per heavy atom. The molecule has 38 heavy (non-hydrogen) atoms. The van der Waals surface area contributed by atoms with E-state index in [-0.39, 0.29) is 24.0 Å². The van der Waals surface area contributed by atoms with Gasteiger partial charge in [0, 0.05) is 37.7 Å². The summed E-state index contributed by atoms with van der Waals surface area (Å²) in [4.78, 5) is 35.5. The molecule has 3 aromatic carbocycles. The van der Waals surface area contributed by atoms with E-state index >= 15 is 0 Å². The number of amides is 1. The van der Waals surface area contributed by atoms with E-state index in [0.29, 0.717) is 39.9 Å². The van der Waals surface area contributed by atoms with E-state index in [4.69, 9.17) is 26.1 Å². The lowest BCUT2D eigenvalue weighted by Gasteiger charge is -2.34. The number of nitrogens with zero attached hydrogens (tertiary/aromatic N) is 4. The summed E-state index contributed by atoms with van der Waals surface area (Å²) in [5.74, 6) is 1.78. The first kappa shape index (κ1) is 24.8. The summed E-state index contributed by atoms with van der Waals surface area (Å²) in [6.45, 7) is 3.92. The zero-order valence-corrected chi connectivity index (χ0v) is 22.1. The maximum atomic E-state index is 13.4. The van der Waals surface area contributed by atoms with Crippen LogP contribution >= 0.6 is 23.4 Å². The molecule has 194 valence electrons. The number of piperazine rings is 1. The molecule has 2 aliphatic heterocycles. The molecule has 8 nitrogen and oxygen atoms in total. The summed E-state index contributed by atoms with van der Waals surface area (Å²) >= 11 is 7.49. The number of benzene rings is 3. The van der Waals surface area contributed by atoms with Gasteiger partial charge in [-0.25, -0.2) is 4.98 Å². The van der Waals surface area contributed by atoms with E-state index in [9.17, 15) is 9.59 Å². The van der Waals surface area contributed by atoms with Crippen molar-refractivity contribution in [3.63, 3.8) is 0 Å². The molecule has 1 saturated heterocycles. The van der Waals surface area contributed by atoms with Crippen LogP contribution in [-0.2, 0) is 11.3 Å². The summed E-state index contributed by atoms with van der Waals surface area (Å²) < 4.78 is 12.4. The fourth-order valence-electron chi connectivity index (χ4n) is 4.72. The van der Waals surface area contributed by atoms with Crippen molar-refractivity contribution in [3.05, 3.63) is 87.7 Å². The molecule has 0 atom stereocenters. The third-order valence-electron chi connectivity index (χ3n) is 6.70. The molecule has 0 saturated carbocycles. The normalized spacial score (nSPS) is 15.2. The Labute approximate surface area is 228 Å². The zero-order valence-electron chi connectivity index (χ0n) is 20.5. The van der Waals surface area contributed by atoms with Crippen LogP contribution in [0.1, 0.15) is 5.56 Å². The van der Waals surface area contributed by atoms with Gasteiger partial charge in [-0.15, -0.1) is 0 Å². The van der Waals surface area contributed by atoms with E-state index in [1.54, 1.807) is 24.3 Å². The molecule has 0 N–H and O–H groups in total. The van der Waals surface area contributed by atoms with Gasteiger partial charge in [0.05, 0.1) is 22.3 Å². The fourth-order valence-corrected chi connectivity index (χ4v) is 5.82. The zero-order chi connectivity index (χ0) is 26.1. The molecule has 0 radical (unpaired) electrons. The van der Waals surface area contributed by atoms with E-state index < -0.39 is 0 Å². The Balaban J connectivity index is 1.13. The van der Waals surface area contributed by atoms with Crippen molar-refractivity contribution in [2.24, 2.45) is 0 Å². The number of aromatic nitrogens is 2. The largest absolute Gasteiger partial charge is 0.454 e. The minimum Gasteiger partial charge on any atom is -0.454 e. The molecule has 1 amide bonds. The second kappa shape index (κ2) is 10.7. The number of carbonyl (C=O) groups is 1. The van der Waals surface area contributed by atoms with Crippen molar-refractivity contribution in [2.45, 2.75) is 11.7 Å². The van der Waals surface area contributed by atoms with Crippen LogP contribution in [0.4, 0.5) is 0 Å². The molecule has 1 fully saturated rings. The van der Waals surface area contributed by atoms with Crippen LogP contribution in [0, 0.1) is 0 Å². The van der Waals surface area contributed by atoms with Crippen LogP contribution in [0.25, 0.3) is 16.6 Å². The molecule has 3 heterocycles. The van der Waals surface area contributed by atoms with Crippen LogP contribution in [0.3, 0.4) is 0 Å². The van der Waals surface area contributed by atoms with E-state index in [0.717, 1.165) is 36.7 Å². The highest BCUT2D eigenvalue weighted by atomic mass is 35.5. The van der Waals surface area contributed by atoms with Crippen LogP contribution < -0.4 is 15.0 Å². The fraction of sp³-hybridized carbons (Fsp3) is 0.250. The molecular weight excluding hydrogens is 524 g/mol. The highest BCUT2D eigenvalue weighted by molar-refractivity contribution is 7.99. The van der Waals surface area contributed by atoms with Crippen molar-refractivity contribution in [2.75, 3.05) is 38.7 Å². The number of ether oxygens (including phenoxy) is 2. The summed E-state index contributed by atoms with van der Waals surface area (Å²) in [6.07, 6.45) is 0. The minimum absolute atomic E-state index is 0.0257. The Bertz CT molecular complexity index is 1570. The van der Waals surface area contributed by atoms with Crippen LogP contribution in [-0.4, -0.2) is 64.0 Å². The molecule has 0 aliphatic carbocycles. The highest BCUT2D eigenvalue weighted by Gasteiger charge is 2.23. The number of hydrogen-bond acceptors (Lipinski definition) is 7. The van der Waals surface area contributed by atoms with E-state index in [1.165, 1.54) is 16.3 Å². The second-order valence-corrected chi connectivity index (χ2v) is 10.5. The number of fused-ring (bicyclic) bond motifs is 2. The number of hydrogen-bond donors (Lipinski definition) is 0. The van der Waals surface area contributed by atoms with E-state index in [2.05, 4.69) is 11.0 Å². The molecule has 1 aromatic heterocycles. The SMILES string of the molecule is O=C(CSc1nc2ccccc2c(=O)n1-c1cccc(Cl)c1)N1CCN(Cc2ccc3c(c2)OCO3)CC1. The first-order valence-corrected chi connectivity index (χ1v) is 13.7. The molecule has 6 rings (SSSR count). The van der Waals surface area contributed by atoms with Gasteiger partial charge in [0.2, 0.25) is 12.7 Å². The summed E-state index contributed by atoms with van der Waals surface area (Å²) in [5.41, 5.74) is 2.19. The number of carbonyl (C=O) groups excluding carboxylic acids is 1. The number of thioether (sulfide) groups is 1. The van der Waals surface area contributed by atoms with Gasteiger partial charge < -0.3 is 14.4 Å². The third-order valence-corrected chi connectivity index (χ3v) is 7.86. The molecule has 10 heteroatoms. The predicted molar refractivity (Wildman–Crippen MR) is 147 cm³/mol. The maximum absolute atomic E-state index is 13.4. The summed E-state index contributed by atoms with van der Waals surface area (Å²) in [7, 11) is 0. The Kier molecular flexibility index (Phi) is 6.97. The predicted octanol–water partition coefficient (Wildman–Crippen LogP) is 4.20. The highest BCUT2D eigenvalue weighted by Crippen LogP contribution is 2.33. The Hall–Kier alpha value is -3.53. The number of rotatable bonds is 6. The number of halogens is 1. The third kappa shape index (κ3) is 5.09. The average molecular weight is 549 g/mol. The second-order valence-electron chi connectivity index (χ2n) is 9.17. The van der Waals surface area contributed by atoms with Gasteiger partial charge >= 0.3 is 0 Å². The molecule has 2 aliphatic rings. The number of para-hydroxylation sites is 1. The van der Waals surface area contributed by atoms with Crippen LogP contribution in [0.2, 0.25) is 5.02 Å². The summed E-state index contributed by atoms with van der Waals surface area (Å²) in [5, 5.41) is 1.50.